The van der Waals surface area contributed by atoms with Gasteiger partial charge in [-0.2, -0.15) is 0 Å². The van der Waals surface area contributed by atoms with Gasteiger partial charge in [-0.3, -0.25) is 4.79 Å². The lowest BCUT2D eigenvalue weighted by molar-refractivity contribution is -0.126. The first-order valence-electron chi connectivity index (χ1n) is 6.38. The molecule has 2 rings (SSSR count). The van der Waals surface area contributed by atoms with Crippen LogP contribution >= 0.6 is 0 Å². The molecule has 2 atom stereocenters. The van der Waals surface area contributed by atoms with Crippen LogP contribution < -0.4 is 5.32 Å². The zero-order chi connectivity index (χ0) is 12.6. The molecule has 1 amide bonds. The molecular weight excluding hydrogens is 218 g/mol. The van der Waals surface area contributed by atoms with Crippen LogP contribution in [0.4, 0.5) is 4.79 Å². The number of fused-ring (bicyclic) bond motifs is 2. The predicted octanol–water partition coefficient (Wildman–Crippen LogP) is 2.27. The van der Waals surface area contributed by atoms with Crippen LogP contribution in [0, 0.1) is 11.8 Å². The minimum Gasteiger partial charge on any atom is -0.444 e. The molecule has 2 unspecified atom stereocenters. The van der Waals surface area contributed by atoms with Crippen LogP contribution in [0.2, 0.25) is 0 Å². The van der Waals surface area contributed by atoms with Crippen molar-refractivity contribution < 1.29 is 14.3 Å². The quantitative estimate of drug-likeness (QED) is 0.763. The largest absolute Gasteiger partial charge is 0.444 e. The van der Waals surface area contributed by atoms with E-state index in [4.69, 9.17) is 4.74 Å². The van der Waals surface area contributed by atoms with Crippen molar-refractivity contribution in [2.75, 3.05) is 0 Å². The predicted molar refractivity (Wildman–Crippen MR) is 63.6 cm³/mol. The lowest BCUT2D eigenvalue weighted by Crippen LogP contribution is -2.44. The molecule has 2 saturated carbocycles. The maximum absolute atomic E-state index is 11.7. The fraction of sp³-hybridized carbons (Fsp3) is 0.846. The Kier molecular flexibility index (Phi) is 3.15. The summed E-state index contributed by atoms with van der Waals surface area (Å²) in [5.74, 6) is 0.759. The molecule has 4 nitrogen and oxygen atoms in total. The monoisotopic (exact) mass is 239 g/mol. The second-order valence-corrected chi connectivity index (χ2v) is 6.19. The normalized spacial score (nSPS) is 32.4. The number of Topliss-reactive ketones (excluding diaryl/α,β-unsaturated/α-hetero) is 1. The van der Waals surface area contributed by atoms with Gasteiger partial charge in [-0.15, -0.1) is 0 Å². The summed E-state index contributed by atoms with van der Waals surface area (Å²) in [7, 11) is 0. The van der Waals surface area contributed by atoms with Crippen LogP contribution in [0.25, 0.3) is 0 Å². The molecule has 0 aromatic carbocycles. The number of amides is 1. The molecule has 1 N–H and O–H groups in total. The maximum Gasteiger partial charge on any atom is 0.407 e. The van der Waals surface area contributed by atoms with E-state index in [2.05, 4.69) is 5.32 Å². The SMILES string of the molecule is CC(C)(C)OC(=O)NC1CC2CCC(C1)C2=O. The zero-order valence-corrected chi connectivity index (χ0v) is 10.8. The Morgan fingerprint density at radius 3 is 2.24 bits per heavy atom. The molecule has 0 aromatic rings. The van der Waals surface area contributed by atoms with Crippen molar-refractivity contribution in [3.63, 3.8) is 0 Å². The van der Waals surface area contributed by atoms with E-state index < -0.39 is 5.60 Å². The van der Waals surface area contributed by atoms with Gasteiger partial charge in [0.2, 0.25) is 0 Å². The Morgan fingerprint density at radius 1 is 1.24 bits per heavy atom. The van der Waals surface area contributed by atoms with Crippen molar-refractivity contribution in [1.82, 2.24) is 5.32 Å². The van der Waals surface area contributed by atoms with Gasteiger partial charge in [-0.05, 0) is 46.5 Å². The smallest absolute Gasteiger partial charge is 0.407 e. The molecule has 96 valence electrons. The second kappa shape index (κ2) is 4.31. The lowest BCUT2D eigenvalue weighted by Gasteiger charge is -2.28. The van der Waals surface area contributed by atoms with Gasteiger partial charge >= 0.3 is 6.09 Å². The second-order valence-electron chi connectivity index (χ2n) is 6.19. The number of hydrogen-bond donors (Lipinski definition) is 1. The lowest BCUT2D eigenvalue weighted by atomic mass is 9.84. The number of rotatable bonds is 1. The molecule has 2 fully saturated rings. The first-order valence-corrected chi connectivity index (χ1v) is 6.38. The fourth-order valence-electron chi connectivity index (χ4n) is 2.86. The number of nitrogens with one attached hydrogen (secondary N) is 1. The molecule has 2 bridgehead atoms. The number of alkyl carbamates (subject to hydrolysis) is 1. The highest BCUT2D eigenvalue weighted by molar-refractivity contribution is 5.86. The van der Waals surface area contributed by atoms with Crippen molar-refractivity contribution in [2.45, 2.75) is 58.1 Å². The van der Waals surface area contributed by atoms with Gasteiger partial charge in [0.15, 0.2) is 0 Å². The number of carbonyl (C=O) groups is 2. The van der Waals surface area contributed by atoms with Crippen LogP contribution in [0.3, 0.4) is 0 Å². The molecular formula is C13H21NO3. The van der Waals surface area contributed by atoms with Gasteiger partial charge in [-0.1, -0.05) is 0 Å². The molecule has 2 aliphatic carbocycles. The van der Waals surface area contributed by atoms with Gasteiger partial charge in [-0.25, -0.2) is 4.79 Å². The van der Waals surface area contributed by atoms with Crippen molar-refractivity contribution in [2.24, 2.45) is 11.8 Å². The number of carbonyl (C=O) groups excluding carboxylic acids is 2. The van der Waals surface area contributed by atoms with Gasteiger partial charge in [0.25, 0.3) is 0 Å². The van der Waals surface area contributed by atoms with E-state index >= 15 is 0 Å². The fourth-order valence-corrected chi connectivity index (χ4v) is 2.86. The summed E-state index contributed by atoms with van der Waals surface area (Å²) in [6, 6.07) is 0.111. The Labute approximate surface area is 102 Å². The summed E-state index contributed by atoms with van der Waals surface area (Å²) in [5, 5.41) is 2.88. The van der Waals surface area contributed by atoms with E-state index in [0.29, 0.717) is 5.78 Å². The molecule has 2 aliphatic rings. The third-order valence-electron chi connectivity index (χ3n) is 3.53. The zero-order valence-electron chi connectivity index (χ0n) is 10.8. The molecule has 0 aliphatic heterocycles. The molecule has 0 radical (unpaired) electrons. The van der Waals surface area contributed by atoms with E-state index in [1.165, 1.54) is 0 Å². The minimum atomic E-state index is -0.465. The van der Waals surface area contributed by atoms with Crippen molar-refractivity contribution in [3.05, 3.63) is 0 Å². The molecule has 0 aromatic heterocycles. The summed E-state index contributed by atoms with van der Waals surface area (Å²) in [4.78, 5) is 23.3. The molecule has 0 saturated heterocycles. The van der Waals surface area contributed by atoms with E-state index in [1.54, 1.807) is 0 Å². The first-order chi connectivity index (χ1) is 7.85. The Morgan fingerprint density at radius 2 is 1.76 bits per heavy atom. The average Bonchev–Trinajstić information content (AvgIpc) is 2.42. The topological polar surface area (TPSA) is 55.4 Å². The Hall–Kier alpha value is -1.06. The molecule has 17 heavy (non-hydrogen) atoms. The third kappa shape index (κ3) is 2.99. The van der Waals surface area contributed by atoms with Gasteiger partial charge < -0.3 is 10.1 Å². The van der Waals surface area contributed by atoms with E-state index in [1.807, 2.05) is 20.8 Å². The maximum atomic E-state index is 11.7. The third-order valence-corrected chi connectivity index (χ3v) is 3.53. The van der Waals surface area contributed by atoms with Crippen LogP contribution in [0.1, 0.15) is 46.5 Å². The van der Waals surface area contributed by atoms with Gasteiger partial charge in [0.05, 0.1) is 0 Å². The highest BCUT2D eigenvalue weighted by Gasteiger charge is 2.42. The van der Waals surface area contributed by atoms with Gasteiger partial charge in [0.1, 0.15) is 11.4 Å². The average molecular weight is 239 g/mol. The number of ether oxygens (including phenoxy) is 1. The first kappa shape index (κ1) is 12.4. The standard InChI is InChI=1S/C13H21NO3/c1-13(2,3)17-12(16)14-10-6-8-4-5-9(7-10)11(8)15/h8-10H,4-7H2,1-3H3,(H,14,16). The molecule has 0 heterocycles. The minimum absolute atomic E-state index is 0.111. The number of hydrogen-bond acceptors (Lipinski definition) is 3. The summed E-state index contributed by atoms with van der Waals surface area (Å²) >= 11 is 0. The summed E-state index contributed by atoms with van der Waals surface area (Å²) in [6.07, 6.45) is 3.20. The van der Waals surface area contributed by atoms with E-state index in [-0.39, 0.29) is 24.0 Å². The van der Waals surface area contributed by atoms with Gasteiger partial charge in [0, 0.05) is 17.9 Å². The number of ketones is 1. The van der Waals surface area contributed by atoms with E-state index in [9.17, 15) is 9.59 Å². The Bertz CT molecular complexity index is 316. The summed E-state index contributed by atoms with van der Waals surface area (Å²) < 4.78 is 5.22. The molecule has 4 heteroatoms. The van der Waals surface area contributed by atoms with Crippen molar-refractivity contribution >= 4 is 11.9 Å². The highest BCUT2D eigenvalue weighted by atomic mass is 16.6. The van der Waals surface area contributed by atoms with Crippen LogP contribution in [-0.4, -0.2) is 23.5 Å². The van der Waals surface area contributed by atoms with Crippen LogP contribution in [0.15, 0.2) is 0 Å². The van der Waals surface area contributed by atoms with E-state index in [0.717, 1.165) is 25.7 Å². The Balaban J connectivity index is 1.85. The van der Waals surface area contributed by atoms with Crippen molar-refractivity contribution in [3.8, 4) is 0 Å². The van der Waals surface area contributed by atoms with Crippen LogP contribution in [0.5, 0.6) is 0 Å². The van der Waals surface area contributed by atoms with Crippen molar-refractivity contribution in [1.29, 1.82) is 0 Å². The molecule has 0 spiro atoms. The highest BCUT2D eigenvalue weighted by Crippen LogP contribution is 2.39. The summed E-state index contributed by atoms with van der Waals surface area (Å²) in [6.45, 7) is 5.54. The van der Waals surface area contributed by atoms with Crippen LogP contribution in [-0.2, 0) is 9.53 Å². The summed E-state index contributed by atoms with van der Waals surface area (Å²) in [5.41, 5.74) is -0.465.